The maximum absolute atomic E-state index is 12.8. The molecule has 3 nitrogen and oxygen atoms in total. The van der Waals surface area contributed by atoms with Crippen LogP contribution in [0.4, 0.5) is 18.9 Å². The largest absolute Gasteiger partial charge is 0.416 e. The van der Waals surface area contributed by atoms with Gasteiger partial charge in [0.15, 0.2) is 0 Å². The van der Waals surface area contributed by atoms with E-state index in [9.17, 15) is 13.2 Å². The average molecular weight is 405 g/mol. The van der Waals surface area contributed by atoms with E-state index < -0.39 is 11.7 Å². The molecular formula is C20H28ClF3N2O. The summed E-state index contributed by atoms with van der Waals surface area (Å²) in [4.78, 5) is 2.56. The van der Waals surface area contributed by atoms with Crippen LogP contribution in [0.25, 0.3) is 0 Å². The zero-order chi connectivity index (χ0) is 19.4. The van der Waals surface area contributed by atoms with Crippen molar-refractivity contribution in [2.24, 2.45) is 0 Å². The summed E-state index contributed by atoms with van der Waals surface area (Å²) in [6.07, 6.45) is 2.66. The molecule has 0 unspecified atom stereocenters. The number of nitrogens with zero attached hydrogens (tertiary/aromatic N) is 1. The van der Waals surface area contributed by atoms with Crippen LogP contribution in [-0.2, 0) is 10.9 Å². The first-order valence-corrected chi connectivity index (χ1v) is 10.2. The first-order valence-electron chi connectivity index (χ1n) is 9.85. The fraction of sp³-hybridized carbons (Fsp3) is 0.700. The minimum atomic E-state index is -4.37. The fourth-order valence-corrected chi connectivity index (χ4v) is 4.49. The van der Waals surface area contributed by atoms with Crippen molar-refractivity contribution in [3.8, 4) is 0 Å². The molecule has 0 bridgehead atoms. The number of benzene rings is 1. The van der Waals surface area contributed by atoms with E-state index in [1.807, 2.05) is 6.92 Å². The van der Waals surface area contributed by atoms with Crippen LogP contribution in [0.5, 0.6) is 0 Å². The quantitative estimate of drug-likeness (QED) is 0.693. The zero-order valence-electron chi connectivity index (χ0n) is 15.7. The highest BCUT2D eigenvalue weighted by atomic mass is 35.5. The second-order valence-corrected chi connectivity index (χ2v) is 7.94. The van der Waals surface area contributed by atoms with Crippen LogP contribution in [0.1, 0.15) is 51.0 Å². The molecule has 1 aliphatic heterocycles. The Morgan fingerprint density at radius 3 is 2.33 bits per heavy atom. The molecule has 1 aromatic rings. The maximum Gasteiger partial charge on any atom is 0.416 e. The van der Waals surface area contributed by atoms with Crippen LogP contribution in [0, 0.1) is 0 Å². The molecule has 7 heteroatoms. The van der Waals surface area contributed by atoms with E-state index in [4.69, 9.17) is 16.3 Å². The Morgan fingerprint density at radius 1 is 1.11 bits per heavy atom. The number of piperidine rings is 1. The van der Waals surface area contributed by atoms with E-state index >= 15 is 0 Å². The molecule has 0 spiro atoms. The Morgan fingerprint density at radius 2 is 1.78 bits per heavy atom. The molecule has 27 heavy (non-hydrogen) atoms. The first-order chi connectivity index (χ1) is 12.9. The molecule has 0 aromatic heterocycles. The van der Waals surface area contributed by atoms with Crippen LogP contribution in [-0.4, -0.2) is 42.8 Å². The second-order valence-electron chi connectivity index (χ2n) is 7.53. The Labute approximate surface area is 164 Å². The van der Waals surface area contributed by atoms with Gasteiger partial charge in [0.25, 0.3) is 0 Å². The summed E-state index contributed by atoms with van der Waals surface area (Å²) in [5.74, 6) is 0. The van der Waals surface area contributed by atoms with Crippen molar-refractivity contribution >= 4 is 17.3 Å². The smallest absolute Gasteiger partial charge is 0.381 e. The Balaban J connectivity index is 1.47. The SMILES string of the molecule is CCO[C@H]1CC[C@H](N2CCC(Nc3ccc(C(F)(F)F)cc3Cl)CC2)CC1. The molecule has 1 aromatic carbocycles. The van der Waals surface area contributed by atoms with Gasteiger partial charge in [-0.15, -0.1) is 0 Å². The summed E-state index contributed by atoms with van der Waals surface area (Å²) < 4.78 is 44.0. The van der Waals surface area contributed by atoms with Crippen molar-refractivity contribution in [3.63, 3.8) is 0 Å². The summed E-state index contributed by atoms with van der Waals surface area (Å²) in [5, 5.41) is 3.46. The van der Waals surface area contributed by atoms with Gasteiger partial charge in [-0.3, -0.25) is 0 Å². The van der Waals surface area contributed by atoms with Gasteiger partial charge in [-0.2, -0.15) is 13.2 Å². The van der Waals surface area contributed by atoms with Crippen molar-refractivity contribution in [2.45, 2.75) is 69.8 Å². The third-order valence-electron chi connectivity index (χ3n) is 5.75. The van der Waals surface area contributed by atoms with Gasteiger partial charge in [0.05, 0.1) is 22.4 Å². The number of likely N-dealkylation sites (tertiary alicyclic amines) is 1. The zero-order valence-corrected chi connectivity index (χ0v) is 16.5. The van der Waals surface area contributed by atoms with E-state index in [2.05, 4.69) is 10.2 Å². The lowest BCUT2D eigenvalue weighted by Crippen LogP contribution is -2.46. The summed E-state index contributed by atoms with van der Waals surface area (Å²) in [5.41, 5.74) is -0.129. The number of rotatable bonds is 5. The van der Waals surface area contributed by atoms with Gasteiger partial charge in [0.1, 0.15) is 0 Å². The molecule has 1 saturated heterocycles. The van der Waals surface area contributed by atoms with Gasteiger partial charge in [-0.25, -0.2) is 0 Å². The topological polar surface area (TPSA) is 24.5 Å². The number of nitrogens with one attached hydrogen (secondary N) is 1. The van der Waals surface area contributed by atoms with Crippen molar-refractivity contribution in [3.05, 3.63) is 28.8 Å². The van der Waals surface area contributed by atoms with Crippen LogP contribution in [0.3, 0.4) is 0 Å². The lowest BCUT2D eigenvalue weighted by molar-refractivity contribution is -0.137. The predicted octanol–water partition coefficient (Wildman–Crippen LogP) is 5.58. The van der Waals surface area contributed by atoms with Crippen LogP contribution >= 0.6 is 11.6 Å². The third-order valence-corrected chi connectivity index (χ3v) is 6.06. The minimum absolute atomic E-state index is 0.126. The molecule has 3 rings (SSSR count). The van der Waals surface area contributed by atoms with Crippen LogP contribution in [0.15, 0.2) is 18.2 Å². The normalized spacial score (nSPS) is 25.5. The number of hydrogen-bond acceptors (Lipinski definition) is 3. The molecule has 0 atom stereocenters. The Kier molecular flexibility index (Phi) is 6.93. The monoisotopic (exact) mass is 404 g/mol. The Hall–Kier alpha value is -0.980. The van der Waals surface area contributed by atoms with E-state index in [-0.39, 0.29) is 11.1 Å². The number of hydrogen-bond donors (Lipinski definition) is 1. The molecule has 2 aliphatic rings. The minimum Gasteiger partial charge on any atom is -0.381 e. The van der Waals surface area contributed by atoms with E-state index in [1.165, 1.54) is 18.9 Å². The lowest BCUT2D eigenvalue weighted by atomic mass is 9.90. The maximum atomic E-state index is 12.8. The standard InChI is InChI=1S/C20H28ClF3N2O/c1-2-27-17-6-4-16(5-7-17)26-11-9-15(10-12-26)25-19-8-3-14(13-18(19)21)20(22,23)24/h3,8,13,15-17,25H,2,4-7,9-12H2,1H3/t16-,17-. The fourth-order valence-electron chi connectivity index (χ4n) is 4.25. The van der Waals surface area contributed by atoms with Gasteiger partial charge < -0.3 is 15.0 Å². The number of alkyl halides is 3. The predicted molar refractivity (Wildman–Crippen MR) is 102 cm³/mol. The number of ether oxygens (including phenoxy) is 1. The van der Waals surface area contributed by atoms with Crippen molar-refractivity contribution < 1.29 is 17.9 Å². The van der Waals surface area contributed by atoms with E-state index in [0.717, 1.165) is 57.5 Å². The van der Waals surface area contributed by atoms with Gasteiger partial charge >= 0.3 is 6.18 Å². The highest BCUT2D eigenvalue weighted by molar-refractivity contribution is 6.33. The summed E-state index contributed by atoms with van der Waals surface area (Å²) in [6, 6.07) is 4.40. The molecule has 1 aliphatic carbocycles. The van der Waals surface area contributed by atoms with Crippen LogP contribution in [0.2, 0.25) is 5.02 Å². The molecular weight excluding hydrogens is 377 g/mol. The van der Waals surface area contributed by atoms with Crippen molar-refractivity contribution in [1.29, 1.82) is 0 Å². The molecule has 1 heterocycles. The lowest BCUT2D eigenvalue weighted by Gasteiger charge is -2.41. The summed E-state index contributed by atoms with van der Waals surface area (Å²) >= 11 is 6.06. The third kappa shape index (κ3) is 5.52. The van der Waals surface area contributed by atoms with E-state index in [0.29, 0.717) is 17.8 Å². The van der Waals surface area contributed by atoms with Crippen molar-refractivity contribution in [2.75, 3.05) is 25.0 Å². The highest BCUT2D eigenvalue weighted by Crippen LogP contribution is 2.34. The molecule has 1 N–H and O–H groups in total. The second kappa shape index (κ2) is 9.01. The van der Waals surface area contributed by atoms with Gasteiger partial charge in [-0.1, -0.05) is 11.6 Å². The van der Waals surface area contributed by atoms with Crippen molar-refractivity contribution in [1.82, 2.24) is 4.90 Å². The first kappa shape index (κ1) is 20.7. The van der Waals surface area contributed by atoms with Gasteiger partial charge in [0.2, 0.25) is 0 Å². The molecule has 0 radical (unpaired) electrons. The van der Waals surface area contributed by atoms with Crippen LogP contribution < -0.4 is 5.32 Å². The summed E-state index contributed by atoms with van der Waals surface area (Å²) in [6.45, 7) is 4.87. The molecule has 152 valence electrons. The number of anilines is 1. The molecule has 1 saturated carbocycles. The molecule has 2 fully saturated rings. The van der Waals surface area contributed by atoms with E-state index in [1.54, 1.807) is 0 Å². The Bertz CT molecular complexity index is 610. The number of halogens is 4. The van der Waals surface area contributed by atoms with Gasteiger partial charge in [-0.05, 0) is 63.6 Å². The van der Waals surface area contributed by atoms with Gasteiger partial charge in [0, 0.05) is 31.8 Å². The highest BCUT2D eigenvalue weighted by Gasteiger charge is 2.32. The summed E-state index contributed by atoms with van der Waals surface area (Å²) in [7, 11) is 0. The molecule has 0 amide bonds. The average Bonchev–Trinajstić information content (AvgIpc) is 2.64.